The van der Waals surface area contributed by atoms with Crippen molar-refractivity contribution in [3.05, 3.63) is 62.8 Å². The van der Waals surface area contributed by atoms with E-state index >= 15 is 0 Å². The molecule has 7 nitrogen and oxygen atoms in total. The molecule has 31 heavy (non-hydrogen) atoms. The van der Waals surface area contributed by atoms with Gasteiger partial charge in [0, 0.05) is 5.56 Å². The number of aromatic carboxylic acids is 1. The van der Waals surface area contributed by atoms with Gasteiger partial charge in [0.2, 0.25) is 11.8 Å². The standard InChI is InChI=1S/C22H15ClN2O5S/c1-30-11-7-5-10(6-8-11)15-17-19(31-18(15)20(27)28)22(9-14(26)24-17)12-3-2-4-13(23)16(12)25-21(22)29/h2-8H,9H2,1H3,(H,24,26)(H,25,29)(H,27,28)/t22-/m1/s1. The minimum Gasteiger partial charge on any atom is -0.497 e. The predicted octanol–water partition coefficient (Wildman–Crippen LogP) is 4.36. The van der Waals surface area contributed by atoms with Crippen molar-refractivity contribution < 1.29 is 24.2 Å². The second kappa shape index (κ2) is 6.83. The maximum absolute atomic E-state index is 13.3. The molecule has 1 spiro atoms. The molecule has 5 rings (SSSR count). The summed E-state index contributed by atoms with van der Waals surface area (Å²) < 4.78 is 5.19. The number of fused-ring (bicyclic) bond motifs is 4. The molecule has 0 radical (unpaired) electrons. The molecule has 2 aromatic carbocycles. The molecule has 0 saturated heterocycles. The van der Waals surface area contributed by atoms with E-state index in [2.05, 4.69) is 10.6 Å². The van der Waals surface area contributed by atoms with Crippen molar-refractivity contribution in [1.29, 1.82) is 0 Å². The molecule has 0 unspecified atom stereocenters. The van der Waals surface area contributed by atoms with Crippen LogP contribution >= 0.6 is 22.9 Å². The number of carbonyl (C=O) groups excluding carboxylic acids is 2. The lowest BCUT2D eigenvalue weighted by Gasteiger charge is -2.31. The van der Waals surface area contributed by atoms with Crippen LogP contribution in [0.15, 0.2) is 42.5 Å². The number of halogens is 1. The van der Waals surface area contributed by atoms with Gasteiger partial charge in [-0.1, -0.05) is 35.9 Å². The zero-order valence-corrected chi connectivity index (χ0v) is 17.7. The van der Waals surface area contributed by atoms with E-state index in [1.807, 2.05) is 0 Å². The Balaban J connectivity index is 1.82. The lowest BCUT2D eigenvalue weighted by Crippen LogP contribution is -2.42. The second-order valence-electron chi connectivity index (χ2n) is 7.29. The van der Waals surface area contributed by atoms with Crippen molar-refractivity contribution in [1.82, 2.24) is 0 Å². The molecule has 2 aliphatic heterocycles. The van der Waals surface area contributed by atoms with E-state index in [1.54, 1.807) is 42.5 Å². The Bertz CT molecular complexity index is 1280. The number of carboxylic acids is 1. The van der Waals surface area contributed by atoms with Crippen molar-refractivity contribution in [2.24, 2.45) is 0 Å². The van der Waals surface area contributed by atoms with E-state index in [9.17, 15) is 19.5 Å². The number of thiophene rings is 1. The van der Waals surface area contributed by atoms with Gasteiger partial charge in [-0.25, -0.2) is 4.79 Å². The maximum atomic E-state index is 13.3. The summed E-state index contributed by atoms with van der Waals surface area (Å²) in [4.78, 5) is 38.8. The van der Waals surface area contributed by atoms with Crippen molar-refractivity contribution in [3.63, 3.8) is 0 Å². The number of nitrogens with one attached hydrogen (secondary N) is 2. The SMILES string of the molecule is COc1ccc(-c2c(C(=O)O)sc3c2NC(=O)C[C@]32C(=O)Nc3c(Cl)cccc32)cc1. The number of methoxy groups -OCH3 is 1. The van der Waals surface area contributed by atoms with Gasteiger partial charge in [0.15, 0.2) is 0 Å². The van der Waals surface area contributed by atoms with Gasteiger partial charge < -0.3 is 20.5 Å². The van der Waals surface area contributed by atoms with Crippen LogP contribution in [-0.2, 0) is 15.0 Å². The largest absolute Gasteiger partial charge is 0.497 e. The molecule has 3 N–H and O–H groups in total. The first-order valence-corrected chi connectivity index (χ1v) is 10.5. The van der Waals surface area contributed by atoms with Crippen LogP contribution in [0.25, 0.3) is 11.1 Å². The number of carbonyl (C=O) groups is 3. The minimum atomic E-state index is -1.34. The number of para-hydroxylation sites is 1. The van der Waals surface area contributed by atoms with Crippen molar-refractivity contribution in [2.45, 2.75) is 11.8 Å². The summed E-state index contributed by atoms with van der Waals surface area (Å²) >= 11 is 7.29. The molecule has 0 aliphatic carbocycles. The lowest BCUT2D eigenvalue weighted by molar-refractivity contribution is -0.125. The fourth-order valence-electron chi connectivity index (χ4n) is 4.29. The quantitative estimate of drug-likeness (QED) is 0.545. The topological polar surface area (TPSA) is 105 Å². The number of ether oxygens (including phenoxy) is 1. The Kier molecular flexibility index (Phi) is 4.32. The monoisotopic (exact) mass is 454 g/mol. The number of amides is 2. The van der Waals surface area contributed by atoms with E-state index in [0.29, 0.717) is 43.7 Å². The highest BCUT2D eigenvalue weighted by Gasteiger charge is 2.55. The molecular weight excluding hydrogens is 440 g/mol. The maximum Gasteiger partial charge on any atom is 0.346 e. The zero-order chi connectivity index (χ0) is 21.9. The molecule has 3 heterocycles. The van der Waals surface area contributed by atoms with Crippen molar-refractivity contribution in [3.8, 4) is 16.9 Å². The molecule has 0 fully saturated rings. The minimum absolute atomic E-state index is 0.0417. The average Bonchev–Trinajstić information content (AvgIpc) is 3.26. The fourth-order valence-corrected chi connectivity index (χ4v) is 5.83. The normalized spacial score (nSPS) is 18.9. The van der Waals surface area contributed by atoms with Crippen LogP contribution in [0, 0.1) is 0 Å². The highest BCUT2D eigenvalue weighted by molar-refractivity contribution is 7.15. The molecule has 2 amide bonds. The van der Waals surface area contributed by atoms with E-state index in [0.717, 1.165) is 11.3 Å². The Morgan fingerprint density at radius 2 is 1.87 bits per heavy atom. The number of anilines is 2. The zero-order valence-electron chi connectivity index (χ0n) is 16.1. The van der Waals surface area contributed by atoms with Crippen LogP contribution in [0.5, 0.6) is 5.75 Å². The third-order valence-corrected chi connectivity index (χ3v) is 7.31. The molecular formula is C22H15ClN2O5S. The lowest BCUT2D eigenvalue weighted by atomic mass is 9.74. The Morgan fingerprint density at radius 3 is 2.55 bits per heavy atom. The molecule has 0 bridgehead atoms. The number of hydrogen-bond acceptors (Lipinski definition) is 5. The molecule has 156 valence electrons. The summed E-state index contributed by atoms with van der Waals surface area (Å²) in [5.41, 5.74) is 0.986. The average molecular weight is 455 g/mol. The van der Waals surface area contributed by atoms with Gasteiger partial charge in [0.25, 0.3) is 0 Å². The summed E-state index contributed by atoms with van der Waals surface area (Å²) in [5.74, 6) is -1.30. The van der Waals surface area contributed by atoms with Crippen molar-refractivity contribution in [2.75, 3.05) is 17.7 Å². The number of benzene rings is 2. The smallest absolute Gasteiger partial charge is 0.346 e. The first-order valence-electron chi connectivity index (χ1n) is 9.32. The highest BCUT2D eigenvalue weighted by atomic mass is 35.5. The summed E-state index contributed by atoms with van der Waals surface area (Å²) in [5, 5.41) is 15.9. The van der Waals surface area contributed by atoms with Gasteiger partial charge in [-0.2, -0.15) is 0 Å². The van der Waals surface area contributed by atoms with Gasteiger partial charge in [-0.05, 0) is 29.3 Å². The van der Waals surface area contributed by atoms with Crippen molar-refractivity contribution >= 4 is 52.1 Å². The first-order chi connectivity index (χ1) is 14.9. The first kappa shape index (κ1) is 19.6. The van der Waals surface area contributed by atoms with Gasteiger partial charge in [0.1, 0.15) is 16.0 Å². The Morgan fingerprint density at radius 1 is 1.13 bits per heavy atom. The van der Waals surface area contributed by atoms with E-state index in [4.69, 9.17) is 16.3 Å². The summed E-state index contributed by atoms with van der Waals surface area (Å²) in [7, 11) is 1.54. The molecule has 1 atom stereocenters. The third kappa shape index (κ3) is 2.68. The molecule has 1 aromatic heterocycles. The summed E-state index contributed by atoms with van der Waals surface area (Å²) in [6.45, 7) is 0. The van der Waals surface area contributed by atoms with E-state index < -0.39 is 17.3 Å². The van der Waals surface area contributed by atoms with Crippen LogP contribution in [-0.4, -0.2) is 30.0 Å². The summed E-state index contributed by atoms with van der Waals surface area (Å²) in [6.07, 6.45) is -0.138. The summed E-state index contributed by atoms with van der Waals surface area (Å²) in [6, 6.07) is 12.0. The third-order valence-electron chi connectivity index (χ3n) is 5.66. The Hall–Kier alpha value is -3.36. The molecule has 3 aromatic rings. The van der Waals surface area contributed by atoms with Crippen LogP contribution in [0.1, 0.15) is 26.5 Å². The van der Waals surface area contributed by atoms with Crippen LogP contribution < -0.4 is 15.4 Å². The number of rotatable bonds is 3. The van der Waals surface area contributed by atoms with Gasteiger partial charge in [-0.15, -0.1) is 11.3 Å². The number of carboxylic acid groups (broad SMARTS) is 1. The molecule has 0 saturated carbocycles. The van der Waals surface area contributed by atoms with E-state index in [1.165, 1.54) is 7.11 Å². The van der Waals surface area contributed by atoms with Gasteiger partial charge in [0.05, 0.1) is 34.8 Å². The van der Waals surface area contributed by atoms with Crippen LogP contribution in [0.4, 0.5) is 11.4 Å². The second-order valence-corrected chi connectivity index (χ2v) is 8.72. The molecule has 2 aliphatic rings. The van der Waals surface area contributed by atoms with Gasteiger partial charge >= 0.3 is 5.97 Å². The highest BCUT2D eigenvalue weighted by Crippen LogP contribution is 2.57. The van der Waals surface area contributed by atoms with Crippen LogP contribution in [0.3, 0.4) is 0 Å². The number of hydrogen-bond donors (Lipinski definition) is 3. The Labute approximate surface area is 185 Å². The van der Waals surface area contributed by atoms with E-state index in [-0.39, 0.29) is 17.2 Å². The predicted molar refractivity (Wildman–Crippen MR) is 117 cm³/mol. The van der Waals surface area contributed by atoms with Gasteiger partial charge in [-0.3, -0.25) is 9.59 Å². The molecule has 9 heteroatoms. The van der Waals surface area contributed by atoms with Crippen LogP contribution in [0.2, 0.25) is 5.02 Å². The fraction of sp³-hybridized carbons (Fsp3) is 0.136.